The molecule has 2 rings (SSSR count). The van der Waals surface area contributed by atoms with E-state index in [-0.39, 0.29) is 0 Å². The van der Waals surface area contributed by atoms with Crippen molar-refractivity contribution in [3.05, 3.63) is 35.9 Å². The van der Waals surface area contributed by atoms with Crippen molar-refractivity contribution in [1.82, 2.24) is 4.90 Å². The molecule has 0 aliphatic carbocycles. The molecular formula is C14H19NO3. The summed E-state index contributed by atoms with van der Waals surface area (Å²) in [5.41, 5.74) is 1.22. The van der Waals surface area contributed by atoms with Crippen LogP contribution in [0, 0.1) is 0 Å². The Morgan fingerprint density at radius 3 is 2.72 bits per heavy atom. The Morgan fingerprint density at radius 2 is 2.06 bits per heavy atom. The molecule has 1 aliphatic heterocycles. The summed E-state index contributed by atoms with van der Waals surface area (Å²) in [7, 11) is 0. The molecule has 0 bridgehead atoms. The van der Waals surface area contributed by atoms with Gasteiger partial charge in [0.2, 0.25) is 0 Å². The van der Waals surface area contributed by atoms with Gasteiger partial charge >= 0.3 is 5.97 Å². The first-order valence-electron chi connectivity index (χ1n) is 6.35. The molecule has 1 aromatic carbocycles. The minimum atomic E-state index is -0.832. The second-order valence-corrected chi connectivity index (χ2v) is 4.80. The Balaban J connectivity index is 1.93. The predicted molar refractivity (Wildman–Crippen MR) is 68.4 cm³/mol. The van der Waals surface area contributed by atoms with E-state index < -0.39 is 18.1 Å². The van der Waals surface area contributed by atoms with Gasteiger partial charge in [0.1, 0.15) is 6.04 Å². The summed E-state index contributed by atoms with van der Waals surface area (Å²) in [5, 5.41) is 18.7. The van der Waals surface area contributed by atoms with Crippen LogP contribution in [0.2, 0.25) is 0 Å². The van der Waals surface area contributed by atoms with Crippen molar-refractivity contribution in [3.63, 3.8) is 0 Å². The maximum absolute atomic E-state index is 11.2. The predicted octanol–water partition coefficient (Wildman–Crippen LogP) is 1.14. The molecule has 1 aliphatic rings. The molecule has 2 N–H and O–H groups in total. The second-order valence-electron chi connectivity index (χ2n) is 4.80. The fourth-order valence-electron chi connectivity index (χ4n) is 2.44. The largest absolute Gasteiger partial charge is 0.480 e. The summed E-state index contributed by atoms with van der Waals surface area (Å²) in [5.74, 6) is -0.832. The minimum Gasteiger partial charge on any atom is -0.480 e. The van der Waals surface area contributed by atoms with Gasteiger partial charge in [0.05, 0.1) is 6.10 Å². The first-order valence-corrected chi connectivity index (χ1v) is 6.35. The zero-order valence-electron chi connectivity index (χ0n) is 10.3. The van der Waals surface area contributed by atoms with E-state index in [0.29, 0.717) is 19.4 Å². The Hall–Kier alpha value is -1.39. The van der Waals surface area contributed by atoms with Gasteiger partial charge in [-0.3, -0.25) is 9.69 Å². The third kappa shape index (κ3) is 3.31. The van der Waals surface area contributed by atoms with Crippen LogP contribution in [0.4, 0.5) is 0 Å². The van der Waals surface area contributed by atoms with E-state index in [0.717, 1.165) is 13.0 Å². The third-order valence-electron chi connectivity index (χ3n) is 3.50. The summed E-state index contributed by atoms with van der Waals surface area (Å²) in [6.07, 6.45) is 1.38. The number of aliphatic hydroxyl groups excluding tert-OH is 1. The Bertz CT molecular complexity index is 393. The Kier molecular flexibility index (Phi) is 4.33. The molecular weight excluding hydrogens is 230 g/mol. The van der Waals surface area contributed by atoms with Gasteiger partial charge in [-0.2, -0.15) is 0 Å². The number of rotatable bonds is 4. The molecule has 1 fully saturated rings. The maximum atomic E-state index is 11.2. The highest BCUT2D eigenvalue weighted by atomic mass is 16.4. The zero-order chi connectivity index (χ0) is 13.0. The van der Waals surface area contributed by atoms with Crippen molar-refractivity contribution in [2.24, 2.45) is 0 Å². The van der Waals surface area contributed by atoms with Crippen LogP contribution in [0.25, 0.3) is 0 Å². The van der Waals surface area contributed by atoms with E-state index in [4.69, 9.17) is 0 Å². The van der Waals surface area contributed by atoms with Crippen molar-refractivity contribution in [2.75, 3.05) is 13.1 Å². The smallest absolute Gasteiger partial charge is 0.321 e. The summed E-state index contributed by atoms with van der Waals surface area (Å²) < 4.78 is 0. The number of hydrogen-bond acceptors (Lipinski definition) is 3. The van der Waals surface area contributed by atoms with Crippen LogP contribution in [0.15, 0.2) is 30.3 Å². The Morgan fingerprint density at radius 1 is 1.33 bits per heavy atom. The van der Waals surface area contributed by atoms with E-state index in [9.17, 15) is 15.0 Å². The monoisotopic (exact) mass is 249 g/mol. The van der Waals surface area contributed by atoms with Crippen LogP contribution in [0.3, 0.4) is 0 Å². The number of nitrogens with zero attached hydrogens (tertiary/aromatic N) is 1. The van der Waals surface area contributed by atoms with E-state index >= 15 is 0 Å². The van der Waals surface area contributed by atoms with Crippen LogP contribution in [-0.4, -0.2) is 46.3 Å². The van der Waals surface area contributed by atoms with Crippen LogP contribution in [0.5, 0.6) is 0 Å². The van der Waals surface area contributed by atoms with Crippen molar-refractivity contribution in [3.8, 4) is 0 Å². The Labute approximate surface area is 107 Å². The number of aliphatic carboxylic acids is 1. The topological polar surface area (TPSA) is 60.8 Å². The number of carboxylic acid groups (broad SMARTS) is 1. The molecule has 1 saturated heterocycles. The summed E-state index contributed by atoms with van der Waals surface area (Å²) >= 11 is 0. The second kappa shape index (κ2) is 5.98. The fraction of sp³-hybridized carbons (Fsp3) is 0.500. The normalized spacial score (nSPS) is 24.9. The lowest BCUT2D eigenvalue weighted by atomic mass is 9.99. The van der Waals surface area contributed by atoms with Crippen LogP contribution < -0.4 is 0 Å². The fourth-order valence-corrected chi connectivity index (χ4v) is 2.44. The number of likely N-dealkylation sites (tertiary alicyclic amines) is 1. The van der Waals surface area contributed by atoms with Gasteiger partial charge in [-0.1, -0.05) is 30.3 Å². The van der Waals surface area contributed by atoms with Crippen LogP contribution in [0.1, 0.15) is 18.4 Å². The first-order chi connectivity index (χ1) is 8.66. The van der Waals surface area contributed by atoms with Crippen molar-refractivity contribution in [1.29, 1.82) is 0 Å². The average Bonchev–Trinajstić information content (AvgIpc) is 2.38. The first kappa shape index (κ1) is 13.1. The molecule has 18 heavy (non-hydrogen) atoms. The highest BCUT2D eigenvalue weighted by molar-refractivity contribution is 5.73. The molecule has 4 nitrogen and oxygen atoms in total. The van der Waals surface area contributed by atoms with Gasteiger partial charge in [-0.05, 0) is 24.8 Å². The van der Waals surface area contributed by atoms with Gasteiger partial charge in [-0.25, -0.2) is 0 Å². The highest BCUT2D eigenvalue weighted by Crippen LogP contribution is 2.18. The zero-order valence-corrected chi connectivity index (χ0v) is 10.3. The van der Waals surface area contributed by atoms with Crippen molar-refractivity contribution >= 4 is 5.97 Å². The number of aliphatic hydroxyl groups is 1. The lowest BCUT2D eigenvalue weighted by Gasteiger charge is -2.35. The summed E-state index contributed by atoms with van der Waals surface area (Å²) in [6.45, 7) is 1.39. The van der Waals surface area contributed by atoms with Crippen molar-refractivity contribution < 1.29 is 15.0 Å². The lowest BCUT2D eigenvalue weighted by molar-refractivity contribution is -0.146. The van der Waals surface area contributed by atoms with Crippen molar-refractivity contribution in [2.45, 2.75) is 31.4 Å². The van der Waals surface area contributed by atoms with Gasteiger partial charge in [0, 0.05) is 13.1 Å². The molecule has 1 aromatic rings. The summed E-state index contributed by atoms with van der Waals surface area (Å²) in [4.78, 5) is 13.1. The molecule has 0 amide bonds. The molecule has 0 spiro atoms. The molecule has 0 aromatic heterocycles. The highest BCUT2D eigenvalue weighted by Gasteiger charge is 2.32. The molecule has 4 heteroatoms. The van der Waals surface area contributed by atoms with Gasteiger partial charge in [0.15, 0.2) is 0 Å². The van der Waals surface area contributed by atoms with Crippen LogP contribution in [-0.2, 0) is 11.2 Å². The number of piperidine rings is 1. The van der Waals surface area contributed by atoms with E-state index in [2.05, 4.69) is 12.1 Å². The lowest BCUT2D eigenvalue weighted by Crippen LogP contribution is -2.49. The van der Waals surface area contributed by atoms with E-state index in [1.807, 2.05) is 23.1 Å². The van der Waals surface area contributed by atoms with E-state index in [1.54, 1.807) is 0 Å². The van der Waals surface area contributed by atoms with E-state index in [1.165, 1.54) is 5.56 Å². The summed E-state index contributed by atoms with van der Waals surface area (Å²) in [6, 6.07) is 9.51. The molecule has 0 radical (unpaired) electrons. The third-order valence-corrected chi connectivity index (χ3v) is 3.50. The molecule has 0 unspecified atom stereocenters. The number of benzene rings is 1. The number of carboxylic acids is 1. The number of hydrogen-bond donors (Lipinski definition) is 2. The molecule has 0 saturated carbocycles. The SMILES string of the molecule is O=C(O)[C@H]1C[C@@H](O)CCN1CCc1ccccc1. The van der Waals surface area contributed by atoms with Gasteiger partial charge in [-0.15, -0.1) is 0 Å². The molecule has 2 atom stereocenters. The maximum Gasteiger partial charge on any atom is 0.321 e. The van der Waals surface area contributed by atoms with Gasteiger partial charge < -0.3 is 10.2 Å². The standard InChI is InChI=1S/C14H19NO3/c16-12-7-9-15(13(10-12)14(17)18)8-6-11-4-2-1-3-5-11/h1-5,12-13,16H,6-10H2,(H,17,18)/t12-,13+/m0/s1. The minimum absolute atomic E-state index is 0.337. The average molecular weight is 249 g/mol. The van der Waals surface area contributed by atoms with Gasteiger partial charge in [0.25, 0.3) is 0 Å². The quantitative estimate of drug-likeness (QED) is 0.840. The van der Waals surface area contributed by atoms with Crippen LogP contribution >= 0.6 is 0 Å². The number of carbonyl (C=O) groups is 1. The molecule has 1 heterocycles. The molecule has 98 valence electrons.